The second-order valence-corrected chi connectivity index (χ2v) is 4.99. The maximum Gasteiger partial charge on any atom is 0.408 e. The lowest BCUT2D eigenvalue weighted by molar-refractivity contribution is -0.126. The normalized spacial score (nSPS) is 17.1. The smallest absolute Gasteiger partial charge is 0.408 e. The number of aliphatic hydroxyl groups excluding tert-OH is 1. The van der Waals surface area contributed by atoms with Crippen molar-refractivity contribution in [2.24, 2.45) is 0 Å². The zero-order valence-corrected chi connectivity index (χ0v) is 11.7. The maximum absolute atomic E-state index is 12.0. The summed E-state index contributed by atoms with van der Waals surface area (Å²) in [5.74, 6) is -0.533. The summed E-state index contributed by atoms with van der Waals surface area (Å²) in [6.45, 7) is 1.21. The number of hydrogen-bond acceptors (Lipinski definition) is 4. The molecule has 0 unspecified atom stereocenters. The molecule has 0 aromatic heterocycles. The molecule has 1 amide bonds. The fourth-order valence-corrected chi connectivity index (χ4v) is 1.63. The summed E-state index contributed by atoms with van der Waals surface area (Å²) in [5.41, 5.74) is -1.21. The molecule has 0 aliphatic carbocycles. The number of amides is 1. The molecule has 0 spiro atoms. The lowest BCUT2D eigenvalue weighted by Gasteiger charge is -2.26. The van der Waals surface area contributed by atoms with Crippen LogP contribution in [0.1, 0.15) is 43.3 Å². The fourth-order valence-electron chi connectivity index (χ4n) is 1.63. The molecule has 0 fully saturated rings. The molecule has 5 heteroatoms. The van der Waals surface area contributed by atoms with Crippen molar-refractivity contribution >= 4 is 11.9 Å². The predicted octanol–water partition coefficient (Wildman–Crippen LogP) is 2.20. The van der Waals surface area contributed by atoms with Crippen LogP contribution >= 0.6 is 0 Å². The summed E-state index contributed by atoms with van der Waals surface area (Å²) < 4.78 is 27.0. The van der Waals surface area contributed by atoms with Crippen molar-refractivity contribution < 1.29 is 23.5 Å². The Morgan fingerprint density at radius 2 is 1.95 bits per heavy atom. The SMILES string of the molecule is [2H]C([2H])([2H])C(C)(C)OC(=O)N[C@@H](c1ccccc1)[C@@H](O)C(C)=O. The van der Waals surface area contributed by atoms with E-state index < -0.39 is 36.5 Å². The van der Waals surface area contributed by atoms with Crippen LogP contribution in [0.5, 0.6) is 0 Å². The van der Waals surface area contributed by atoms with Crippen molar-refractivity contribution in [1.82, 2.24) is 5.32 Å². The van der Waals surface area contributed by atoms with Gasteiger partial charge in [-0.1, -0.05) is 30.3 Å². The van der Waals surface area contributed by atoms with E-state index >= 15 is 0 Å². The van der Waals surface area contributed by atoms with Gasteiger partial charge in [-0.2, -0.15) is 0 Å². The molecule has 0 heterocycles. The molecule has 20 heavy (non-hydrogen) atoms. The summed E-state index contributed by atoms with van der Waals surface area (Å²) in [6.07, 6.45) is -2.50. The first kappa shape index (κ1) is 11.9. The van der Waals surface area contributed by atoms with Crippen molar-refractivity contribution in [3.05, 3.63) is 35.9 Å². The Morgan fingerprint density at radius 1 is 1.35 bits per heavy atom. The monoisotopic (exact) mass is 282 g/mol. The lowest BCUT2D eigenvalue weighted by atomic mass is 9.99. The van der Waals surface area contributed by atoms with Gasteiger partial charge in [-0.3, -0.25) is 4.79 Å². The second kappa shape index (κ2) is 6.52. The zero-order chi connectivity index (χ0) is 17.8. The Bertz CT molecular complexity index is 558. The largest absolute Gasteiger partial charge is 0.444 e. The summed E-state index contributed by atoms with van der Waals surface area (Å²) >= 11 is 0. The number of rotatable bonds is 4. The minimum atomic E-state index is -2.51. The highest BCUT2D eigenvalue weighted by Gasteiger charge is 2.28. The molecule has 1 rings (SSSR count). The van der Waals surface area contributed by atoms with Crippen LogP contribution in [-0.2, 0) is 9.53 Å². The van der Waals surface area contributed by atoms with Crippen LogP contribution in [0, 0.1) is 0 Å². The van der Waals surface area contributed by atoms with Gasteiger partial charge in [0.2, 0.25) is 0 Å². The quantitative estimate of drug-likeness (QED) is 0.887. The number of nitrogens with one attached hydrogen (secondary N) is 1. The highest BCUT2D eigenvalue weighted by Crippen LogP contribution is 2.18. The number of alkyl carbamates (subject to hydrolysis) is 1. The van der Waals surface area contributed by atoms with E-state index in [-0.39, 0.29) is 0 Å². The van der Waals surface area contributed by atoms with Gasteiger partial charge in [0, 0.05) is 4.11 Å². The third-order valence-corrected chi connectivity index (χ3v) is 2.51. The standard InChI is InChI=1S/C15H21NO4/c1-10(17)13(18)12(11-8-6-5-7-9-11)16-14(19)20-15(2,3)4/h5-9,12-13,18H,1-4H3,(H,16,19)/t12-,13-/m0/s1/i2D3. The van der Waals surface area contributed by atoms with E-state index in [9.17, 15) is 14.7 Å². The molecule has 0 aliphatic rings. The van der Waals surface area contributed by atoms with Crippen LogP contribution < -0.4 is 5.32 Å². The highest BCUT2D eigenvalue weighted by molar-refractivity contribution is 5.82. The molecule has 0 radical (unpaired) electrons. The number of hydrogen-bond donors (Lipinski definition) is 2. The minimum absolute atomic E-state index is 0.499. The number of benzene rings is 1. The van der Waals surface area contributed by atoms with E-state index in [1.165, 1.54) is 20.8 Å². The molecule has 1 aromatic carbocycles. The third kappa shape index (κ3) is 5.01. The number of aliphatic hydroxyl groups is 1. The predicted molar refractivity (Wildman–Crippen MR) is 75.2 cm³/mol. The van der Waals surface area contributed by atoms with E-state index in [4.69, 9.17) is 8.85 Å². The molecule has 0 saturated heterocycles. The first-order valence-corrected chi connectivity index (χ1v) is 6.18. The van der Waals surface area contributed by atoms with Gasteiger partial charge in [0.05, 0.1) is 6.04 Å². The fraction of sp³-hybridized carbons (Fsp3) is 0.467. The Balaban J connectivity index is 2.94. The van der Waals surface area contributed by atoms with E-state index in [0.717, 1.165) is 0 Å². The number of carbonyl (C=O) groups excluding carboxylic acids is 2. The van der Waals surface area contributed by atoms with E-state index in [0.29, 0.717) is 5.56 Å². The van der Waals surface area contributed by atoms with E-state index in [2.05, 4.69) is 5.32 Å². The number of carbonyl (C=O) groups is 2. The van der Waals surface area contributed by atoms with E-state index in [1.54, 1.807) is 30.3 Å². The van der Waals surface area contributed by atoms with E-state index in [1.807, 2.05) is 0 Å². The van der Waals surface area contributed by atoms with Gasteiger partial charge in [-0.15, -0.1) is 0 Å². The number of Topliss-reactive ketones (excluding diaryl/α,β-unsaturated/α-hetero) is 1. The number of ketones is 1. The van der Waals surface area contributed by atoms with Gasteiger partial charge in [-0.05, 0) is 33.2 Å². The number of ether oxygens (including phenoxy) is 1. The Kier molecular flexibility index (Phi) is 3.88. The molecule has 1 aromatic rings. The Hall–Kier alpha value is -1.88. The molecule has 0 aliphatic heterocycles. The molecule has 5 nitrogen and oxygen atoms in total. The molecule has 0 bridgehead atoms. The second-order valence-electron chi connectivity index (χ2n) is 4.99. The molecule has 2 atom stereocenters. The molecular formula is C15H21NO4. The highest BCUT2D eigenvalue weighted by atomic mass is 16.6. The Morgan fingerprint density at radius 3 is 2.45 bits per heavy atom. The first-order valence-electron chi connectivity index (χ1n) is 7.68. The summed E-state index contributed by atoms with van der Waals surface area (Å²) in [6, 6.07) is 7.35. The summed E-state index contributed by atoms with van der Waals surface area (Å²) in [4.78, 5) is 23.5. The van der Waals surface area contributed by atoms with Gasteiger partial charge in [0.15, 0.2) is 5.78 Å². The molecular weight excluding hydrogens is 258 g/mol. The van der Waals surface area contributed by atoms with Gasteiger partial charge >= 0.3 is 6.09 Å². The van der Waals surface area contributed by atoms with Crippen molar-refractivity contribution in [2.45, 2.75) is 45.4 Å². The summed E-state index contributed by atoms with van der Waals surface area (Å²) in [5, 5.41) is 12.4. The van der Waals surface area contributed by atoms with Crippen LogP contribution in [0.2, 0.25) is 0 Å². The topological polar surface area (TPSA) is 75.6 Å². The lowest BCUT2D eigenvalue weighted by Crippen LogP contribution is -2.42. The van der Waals surface area contributed by atoms with Crippen LogP contribution in [0.25, 0.3) is 0 Å². The van der Waals surface area contributed by atoms with Crippen molar-refractivity contribution in [3.63, 3.8) is 0 Å². The molecule has 2 N–H and O–H groups in total. The summed E-state index contributed by atoms with van der Waals surface area (Å²) in [7, 11) is 0. The zero-order valence-electron chi connectivity index (χ0n) is 14.7. The van der Waals surface area contributed by atoms with Crippen molar-refractivity contribution in [2.75, 3.05) is 0 Å². The molecule has 0 saturated carbocycles. The minimum Gasteiger partial charge on any atom is -0.444 e. The first-order chi connectivity index (χ1) is 10.5. The van der Waals surface area contributed by atoms with Gasteiger partial charge in [-0.25, -0.2) is 4.79 Å². The van der Waals surface area contributed by atoms with Gasteiger partial charge < -0.3 is 15.2 Å². The van der Waals surface area contributed by atoms with Crippen LogP contribution in [0.4, 0.5) is 4.79 Å². The molecule has 110 valence electrons. The average molecular weight is 282 g/mol. The van der Waals surface area contributed by atoms with Gasteiger partial charge in [0.1, 0.15) is 11.7 Å². The van der Waals surface area contributed by atoms with Crippen LogP contribution in [-0.4, -0.2) is 28.7 Å². The van der Waals surface area contributed by atoms with Gasteiger partial charge in [0.25, 0.3) is 0 Å². The van der Waals surface area contributed by atoms with Crippen LogP contribution in [0.15, 0.2) is 30.3 Å². The third-order valence-electron chi connectivity index (χ3n) is 2.51. The van der Waals surface area contributed by atoms with Crippen molar-refractivity contribution in [3.8, 4) is 0 Å². The average Bonchev–Trinajstić information content (AvgIpc) is 2.43. The van der Waals surface area contributed by atoms with Crippen LogP contribution in [0.3, 0.4) is 0 Å². The Labute approximate surface area is 123 Å². The van der Waals surface area contributed by atoms with Crippen molar-refractivity contribution in [1.29, 1.82) is 0 Å². The maximum atomic E-state index is 12.0.